The van der Waals surface area contributed by atoms with Crippen LogP contribution in [0.5, 0.6) is 0 Å². The number of hydrogen-bond acceptors (Lipinski definition) is 2. The van der Waals surface area contributed by atoms with E-state index < -0.39 is 0 Å². The summed E-state index contributed by atoms with van der Waals surface area (Å²) in [6.45, 7) is 6.87. The van der Waals surface area contributed by atoms with Crippen LogP contribution in [-0.4, -0.2) is 11.5 Å². The Bertz CT molecular complexity index is 580. The predicted molar refractivity (Wildman–Crippen MR) is 89.9 cm³/mol. The highest BCUT2D eigenvalue weighted by molar-refractivity contribution is 9.10. The molecule has 1 heterocycles. The quantitative estimate of drug-likeness (QED) is 0.569. The van der Waals surface area contributed by atoms with Gasteiger partial charge in [-0.3, -0.25) is 0 Å². The van der Waals surface area contributed by atoms with Crippen molar-refractivity contribution in [3.63, 3.8) is 0 Å². The first-order chi connectivity index (χ1) is 9.76. The Morgan fingerprint density at radius 1 is 1.40 bits per heavy atom. The number of allylic oxidation sites excluding steroid dienone is 1. The van der Waals surface area contributed by atoms with Crippen LogP contribution in [0.25, 0.3) is 10.9 Å². The molecule has 2 rings (SSSR count). The summed E-state index contributed by atoms with van der Waals surface area (Å²) >= 11 is 3.67. The lowest BCUT2D eigenvalue weighted by atomic mass is 10.0. The van der Waals surface area contributed by atoms with E-state index in [0.29, 0.717) is 6.04 Å². The number of hydrogen-bond donors (Lipinski definition) is 1. The van der Waals surface area contributed by atoms with Gasteiger partial charge in [0.05, 0.1) is 17.3 Å². The van der Waals surface area contributed by atoms with Gasteiger partial charge in [-0.2, -0.15) is 0 Å². The minimum Gasteiger partial charge on any atom is -0.309 e. The summed E-state index contributed by atoms with van der Waals surface area (Å²) < 4.78 is 1.08. The number of aromatic nitrogens is 1. The van der Waals surface area contributed by atoms with E-state index in [0.717, 1.165) is 41.5 Å². The third-order valence-corrected chi connectivity index (χ3v) is 4.02. The van der Waals surface area contributed by atoms with Crippen molar-refractivity contribution in [2.24, 2.45) is 0 Å². The van der Waals surface area contributed by atoms with E-state index in [2.05, 4.69) is 52.9 Å². The van der Waals surface area contributed by atoms with Gasteiger partial charge in [-0.25, -0.2) is 4.98 Å². The molecular weight excluding hydrogens is 312 g/mol. The molecule has 20 heavy (non-hydrogen) atoms. The standard InChI is InChI=1S/C17H21BrN2/c1-3-5-6-11-16(19-4-2)17-14(18)12-13-9-7-8-10-15(13)20-17/h3,7-10,12,16,19H,1,4-6,11H2,2H3. The van der Waals surface area contributed by atoms with Gasteiger partial charge in [-0.1, -0.05) is 31.2 Å². The molecule has 106 valence electrons. The molecule has 2 aromatic rings. The molecule has 0 aliphatic rings. The van der Waals surface area contributed by atoms with Crippen LogP contribution in [-0.2, 0) is 0 Å². The van der Waals surface area contributed by atoms with Gasteiger partial charge in [0.1, 0.15) is 0 Å². The monoisotopic (exact) mass is 332 g/mol. The lowest BCUT2D eigenvalue weighted by Crippen LogP contribution is -2.22. The van der Waals surface area contributed by atoms with Crippen molar-refractivity contribution in [3.05, 3.63) is 53.2 Å². The number of pyridine rings is 1. The van der Waals surface area contributed by atoms with Gasteiger partial charge in [0, 0.05) is 9.86 Å². The average Bonchev–Trinajstić information content (AvgIpc) is 2.46. The zero-order valence-electron chi connectivity index (χ0n) is 11.9. The fourth-order valence-corrected chi connectivity index (χ4v) is 3.01. The van der Waals surface area contributed by atoms with Gasteiger partial charge in [0.15, 0.2) is 0 Å². The number of fused-ring (bicyclic) bond motifs is 1. The number of para-hydroxylation sites is 1. The van der Waals surface area contributed by atoms with Crippen LogP contribution in [0, 0.1) is 0 Å². The van der Waals surface area contributed by atoms with E-state index >= 15 is 0 Å². The fourth-order valence-electron chi connectivity index (χ4n) is 2.40. The second-order valence-electron chi connectivity index (χ2n) is 4.88. The van der Waals surface area contributed by atoms with Crippen molar-refractivity contribution in [1.82, 2.24) is 10.3 Å². The highest BCUT2D eigenvalue weighted by Crippen LogP contribution is 2.28. The summed E-state index contributed by atoms with van der Waals surface area (Å²) in [5.41, 5.74) is 2.16. The Labute approximate surface area is 129 Å². The van der Waals surface area contributed by atoms with E-state index in [1.165, 1.54) is 5.39 Å². The molecule has 1 unspecified atom stereocenters. The SMILES string of the molecule is C=CCCCC(NCC)c1nc2ccccc2cc1Br. The molecule has 0 radical (unpaired) electrons. The molecule has 0 fully saturated rings. The Hall–Kier alpha value is -1.19. The van der Waals surface area contributed by atoms with Crippen LogP contribution >= 0.6 is 15.9 Å². The van der Waals surface area contributed by atoms with Crippen LogP contribution in [0.15, 0.2) is 47.5 Å². The molecule has 3 heteroatoms. The molecule has 0 saturated carbocycles. The Morgan fingerprint density at radius 3 is 2.95 bits per heavy atom. The fraction of sp³-hybridized carbons (Fsp3) is 0.353. The van der Waals surface area contributed by atoms with Crippen LogP contribution in [0.1, 0.15) is 37.9 Å². The smallest absolute Gasteiger partial charge is 0.0722 e. The average molecular weight is 333 g/mol. The maximum atomic E-state index is 4.84. The first-order valence-corrected chi connectivity index (χ1v) is 7.95. The number of unbranched alkanes of at least 4 members (excludes halogenated alkanes) is 1. The van der Waals surface area contributed by atoms with E-state index in [1.807, 2.05) is 18.2 Å². The van der Waals surface area contributed by atoms with Crippen molar-refractivity contribution < 1.29 is 0 Å². The zero-order chi connectivity index (χ0) is 14.4. The molecule has 0 amide bonds. The summed E-state index contributed by atoms with van der Waals surface area (Å²) in [6.07, 6.45) is 5.23. The summed E-state index contributed by atoms with van der Waals surface area (Å²) in [5.74, 6) is 0. The van der Waals surface area contributed by atoms with Crippen molar-refractivity contribution in [2.45, 2.75) is 32.2 Å². The third-order valence-electron chi connectivity index (χ3n) is 3.39. The van der Waals surface area contributed by atoms with Crippen molar-refractivity contribution in [2.75, 3.05) is 6.54 Å². The van der Waals surface area contributed by atoms with E-state index in [9.17, 15) is 0 Å². The van der Waals surface area contributed by atoms with E-state index in [1.54, 1.807) is 0 Å². The lowest BCUT2D eigenvalue weighted by Gasteiger charge is -2.19. The lowest BCUT2D eigenvalue weighted by molar-refractivity contribution is 0.489. The summed E-state index contributed by atoms with van der Waals surface area (Å²) in [6, 6.07) is 10.7. The second-order valence-corrected chi connectivity index (χ2v) is 5.73. The molecule has 0 aliphatic carbocycles. The number of rotatable bonds is 7. The minimum absolute atomic E-state index is 0.291. The number of benzene rings is 1. The van der Waals surface area contributed by atoms with Crippen molar-refractivity contribution in [3.8, 4) is 0 Å². The molecule has 0 bridgehead atoms. The zero-order valence-corrected chi connectivity index (χ0v) is 13.5. The third kappa shape index (κ3) is 3.68. The summed E-state index contributed by atoms with van der Waals surface area (Å²) in [4.78, 5) is 4.84. The van der Waals surface area contributed by atoms with Crippen LogP contribution in [0.3, 0.4) is 0 Å². The largest absolute Gasteiger partial charge is 0.309 e. The Morgan fingerprint density at radius 2 is 2.20 bits per heavy atom. The van der Waals surface area contributed by atoms with E-state index in [-0.39, 0.29) is 0 Å². The predicted octanol–water partition coefficient (Wildman–Crippen LogP) is 5.00. The van der Waals surface area contributed by atoms with Gasteiger partial charge >= 0.3 is 0 Å². The number of halogens is 1. The Balaban J connectivity index is 2.31. The minimum atomic E-state index is 0.291. The molecular formula is C17H21BrN2. The van der Waals surface area contributed by atoms with Crippen LogP contribution in [0.2, 0.25) is 0 Å². The number of nitrogens with one attached hydrogen (secondary N) is 1. The molecule has 1 N–H and O–H groups in total. The van der Waals surface area contributed by atoms with Gasteiger partial charge in [-0.15, -0.1) is 6.58 Å². The maximum Gasteiger partial charge on any atom is 0.0722 e. The maximum absolute atomic E-state index is 4.84. The highest BCUT2D eigenvalue weighted by Gasteiger charge is 2.15. The van der Waals surface area contributed by atoms with Crippen LogP contribution in [0.4, 0.5) is 0 Å². The topological polar surface area (TPSA) is 24.9 Å². The molecule has 1 atom stereocenters. The van der Waals surface area contributed by atoms with E-state index in [4.69, 9.17) is 4.98 Å². The molecule has 0 spiro atoms. The summed E-state index contributed by atoms with van der Waals surface area (Å²) in [5, 5.41) is 4.71. The molecule has 1 aromatic heterocycles. The second kappa shape index (κ2) is 7.55. The number of nitrogens with zero attached hydrogens (tertiary/aromatic N) is 1. The first-order valence-electron chi connectivity index (χ1n) is 7.15. The highest BCUT2D eigenvalue weighted by atomic mass is 79.9. The van der Waals surface area contributed by atoms with Crippen molar-refractivity contribution >= 4 is 26.8 Å². The normalized spacial score (nSPS) is 12.5. The van der Waals surface area contributed by atoms with Gasteiger partial charge in [0.2, 0.25) is 0 Å². The molecule has 0 aliphatic heterocycles. The Kier molecular flexibility index (Phi) is 5.74. The summed E-state index contributed by atoms with van der Waals surface area (Å²) in [7, 11) is 0. The van der Waals surface area contributed by atoms with Gasteiger partial charge < -0.3 is 5.32 Å². The first kappa shape index (κ1) is 15.2. The molecule has 2 nitrogen and oxygen atoms in total. The van der Waals surface area contributed by atoms with Gasteiger partial charge in [-0.05, 0) is 53.9 Å². The molecule has 0 saturated heterocycles. The van der Waals surface area contributed by atoms with Crippen molar-refractivity contribution in [1.29, 1.82) is 0 Å². The van der Waals surface area contributed by atoms with Gasteiger partial charge in [0.25, 0.3) is 0 Å². The molecule has 1 aromatic carbocycles. The van der Waals surface area contributed by atoms with Crippen LogP contribution < -0.4 is 5.32 Å².